The Labute approximate surface area is 115 Å². The van der Waals surface area contributed by atoms with Crippen LogP contribution in [0.1, 0.15) is 38.2 Å². The van der Waals surface area contributed by atoms with Crippen molar-refractivity contribution in [2.24, 2.45) is 5.92 Å². The van der Waals surface area contributed by atoms with Gasteiger partial charge in [-0.2, -0.15) is 0 Å². The number of pyridine rings is 1. The average Bonchev–Trinajstić information content (AvgIpc) is 2.93. The Morgan fingerprint density at radius 2 is 2.00 bits per heavy atom. The van der Waals surface area contributed by atoms with Crippen molar-refractivity contribution in [3.8, 4) is 0 Å². The highest BCUT2D eigenvalue weighted by atomic mass is 15.0. The number of anilines is 1. The number of rotatable bonds is 4. The summed E-state index contributed by atoms with van der Waals surface area (Å²) in [5, 5.41) is 4.69. The van der Waals surface area contributed by atoms with Crippen molar-refractivity contribution in [2.75, 3.05) is 11.9 Å². The number of nitrogens with one attached hydrogen (secondary N) is 1. The normalized spacial score (nSPS) is 16.1. The molecule has 2 nitrogen and oxygen atoms in total. The molecule has 19 heavy (non-hydrogen) atoms. The molecule has 0 spiro atoms. The van der Waals surface area contributed by atoms with Gasteiger partial charge in [0, 0.05) is 11.9 Å². The summed E-state index contributed by atoms with van der Waals surface area (Å²) in [4.78, 5) is 4.80. The van der Waals surface area contributed by atoms with E-state index in [4.69, 9.17) is 4.98 Å². The molecule has 1 heterocycles. The first-order chi connectivity index (χ1) is 9.36. The molecule has 1 aliphatic rings. The van der Waals surface area contributed by atoms with Gasteiger partial charge < -0.3 is 5.32 Å². The molecule has 2 heteroatoms. The Bertz CT molecular complexity index is 556. The van der Waals surface area contributed by atoms with Crippen molar-refractivity contribution in [3.05, 3.63) is 35.9 Å². The lowest BCUT2D eigenvalue weighted by atomic mass is 9.97. The van der Waals surface area contributed by atoms with Crippen LogP contribution in [-0.4, -0.2) is 11.5 Å². The van der Waals surface area contributed by atoms with Gasteiger partial charge in [0.05, 0.1) is 5.52 Å². The van der Waals surface area contributed by atoms with E-state index >= 15 is 0 Å². The predicted octanol–water partition coefficient (Wildman–Crippen LogP) is 4.40. The zero-order valence-electron chi connectivity index (χ0n) is 11.7. The van der Waals surface area contributed by atoms with E-state index in [-0.39, 0.29) is 0 Å². The fourth-order valence-electron chi connectivity index (χ4n) is 3.16. The molecule has 2 aromatic rings. The number of para-hydroxylation sites is 1. The molecule has 0 amide bonds. The minimum Gasteiger partial charge on any atom is -0.370 e. The van der Waals surface area contributed by atoms with Gasteiger partial charge in [-0.3, -0.25) is 0 Å². The maximum atomic E-state index is 4.80. The van der Waals surface area contributed by atoms with Crippen molar-refractivity contribution in [1.29, 1.82) is 0 Å². The maximum Gasteiger partial charge on any atom is 0.129 e. The molecular formula is C17H22N2. The first-order valence-electron chi connectivity index (χ1n) is 7.49. The molecule has 0 unspecified atom stereocenters. The summed E-state index contributed by atoms with van der Waals surface area (Å²) in [6, 6.07) is 10.7. The third-order valence-electron chi connectivity index (χ3n) is 4.13. The van der Waals surface area contributed by atoms with Crippen LogP contribution in [0, 0.1) is 5.92 Å². The quantitative estimate of drug-likeness (QED) is 0.874. The fourth-order valence-corrected chi connectivity index (χ4v) is 3.16. The number of aromatic nitrogens is 1. The summed E-state index contributed by atoms with van der Waals surface area (Å²) in [6.07, 6.45) is 6.77. The zero-order valence-corrected chi connectivity index (χ0v) is 11.7. The second-order valence-corrected chi connectivity index (χ2v) is 5.57. The van der Waals surface area contributed by atoms with Gasteiger partial charge in [0.25, 0.3) is 0 Å². The average molecular weight is 254 g/mol. The van der Waals surface area contributed by atoms with Crippen molar-refractivity contribution < 1.29 is 0 Å². The highest BCUT2D eigenvalue weighted by molar-refractivity contribution is 5.81. The molecule has 0 aliphatic heterocycles. The summed E-state index contributed by atoms with van der Waals surface area (Å²) in [5.41, 5.74) is 2.49. The minimum absolute atomic E-state index is 0.861. The Balaban J connectivity index is 1.96. The van der Waals surface area contributed by atoms with E-state index in [0.717, 1.165) is 23.8 Å². The highest BCUT2D eigenvalue weighted by Gasteiger charge is 2.17. The molecule has 1 saturated carbocycles. The van der Waals surface area contributed by atoms with Crippen LogP contribution in [0.5, 0.6) is 0 Å². The molecule has 1 aromatic heterocycles. The molecule has 0 radical (unpaired) electrons. The van der Waals surface area contributed by atoms with Crippen molar-refractivity contribution in [3.63, 3.8) is 0 Å². The van der Waals surface area contributed by atoms with Crippen molar-refractivity contribution >= 4 is 16.7 Å². The van der Waals surface area contributed by atoms with E-state index in [1.807, 2.05) is 0 Å². The molecule has 1 aliphatic carbocycles. The third kappa shape index (κ3) is 2.73. The maximum absolute atomic E-state index is 4.80. The van der Waals surface area contributed by atoms with Gasteiger partial charge in [-0.05, 0) is 37.0 Å². The topological polar surface area (TPSA) is 24.9 Å². The van der Waals surface area contributed by atoms with Crippen LogP contribution in [-0.2, 0) is 6.42 Å². The van der Waals surface area contributed by atoms with Gasteiger partial charge in [-0.25, -0.2) is 4.98 Å². The number of hydrogen-bond acceptors (Lipinski definition) is 2. The lowest BCUT2D eigenvalue weighted by Crippen LogP contribution is -2.07. The molecule has 1 aromatic carbocycles. The van der Waals surface area contributed by atoms with E-state index in [1.54, 1.807) is 0 Å². The van der Waals surface area contributed by atoms with Crippen molar-refractivity contribution in [1.82, 2.24) is 4.98 Å². The number of fused-ring (bicyclic) bond motifs is 1. The first-order valence-corrected chi connectivity index (χ1v) is 7.49. The summed E-state index contributed by atoms with van der Waals surface area (Å²) in [5.74, 6) is 1.95. The molecule has 100 valence electrons. The van der Waals surface area contributed by atoms with Crippen LogP contribution in [0.4, 0.5) is 5.82 Å². The summed E-state index contributed by atoms with van der Waals surface area (Å²) < 4.78 is 0. The zero-order chi connectivity index (χ0) is 13.1. The van der Waals surface area contributed by atoms with Crippen LogP contribution in [0.15, 0.2) is 30.3 Å². The number of nitrogens with zero attached hydrogens (tertiary/aromatic N) is 1. The minimum atomic E-state index is 0.861. The Hall–Kier alpha value is -1.57. The lowest BCUT2D eigenvalue weighted by Gasteiger charge is -2.14. The van der Waals surface area contributed by atoms with Gasteiger partial charge in [-0.1, -0.05) is 43.9 Å². The first kappa shape index (κ1) is 12.5. The fraction of sp³-hybridized carbons (Fsp3) is 0.471. The van der Waals surface area contributed by atoms with E-state index < -0.39 is 0 Å². The molecule has 1 fully saturated rings. The van der Waals surface area contributed by atoms with E-state index in [9.17, 15) is 0 Å². The predicted molar refractivity (Wildman–Crippen MR) is 81.6 cm³/mol. The number of benzene rings is 1. The molecule has 3 rings (SSSR count). The highest BCUT2D eigenvalue weighted by Crippen LogP contribution is 2.31. The van der Waals surface area contributed by atoms with E-state index in [2.05, 4.69) is 42.6 Å². The van der Waals surface area contributed by atoms with Crippen molar-refractivity contribution in [2.45, 2.75) is 39.0 Å². The van der Waals surface area contributed by atoms with Gasteiger partial charge in [0.1, 0.15) is 5.82 Å². The lowest BCUT2D eigenvalue weighted by molar-refractivity contribution is 0.546. The Morgan fingerprint density at radius 3 is 2.79 bits per heavy atom. The summed E-state index contributed by atoms with van der Waals surface area (Å²) >= 11 is 0. The standard InChI is InChI=1S/C17H22N2/c1-2-18-17-15(11-13-7-3-4-8-13)12-14-9-5-6-10-16(14)19-17/h5-6,9-10,12-13H,2-4,7-8,11H2,1H3,(H,18,19). The van der Waals surface area contributed by atoms with Gasteiger partial charge >= 0.3 is 0 Å². The van der Waals surface area contributed by atoms with Crippen LogP contribution >= 0.6 is 0 Å². The second kappa shape index (κ2) is 5.60. The van der Waals surface area contributed by atoms with Gasteiger partial charge in [0.2, 0.25) is 0 Å². The monoisotopic (exact) mass is 254 g/mol. The van der Waals surface area contributed by atoms with E-state index in [0.29, 0.717) is 0 Å². The summed E-state index contributed by atoms with van der Waals surface area (Å²) in [6.45, 7) is 3.07. The Morgan fingerprint density at radius 1 is 1.21 bits per heavy atom. The second-order valence-electron chi connectivity index (χ2n) is 5.57. The Kier molecular flexibility index (Phi) is 3.67. The largest absolute Gasteiger partial charge is 0.370 e. The molecule has 0 atom stereocenters. The number of hydrogen-bond donors (Lipinski definition) is 1. The van der Waals surface area contributed by atoms with E-state index in [1.165, 1.54) is 43.1 Å². The van der Waals surface area contributed by atoms with Gasteiger partial charge in [0.15, 0.2) is 0 Å². The van der Waals surface area contributed by atoms with Crippen LogP contribution in [0.2, 0.25) is 0 Å². The molecule has 0 bridgehead atoms. The van der Waals surface area contributed by atoms with Gasteiger partial charge in [-0.15, -0.1) is 0 Å². The van der Waals surface area contributed by atoms with Crippen LogP contribution < -0.4 is 5.32 Å². The molecule has 0 saturated heterocycles. The summed E-state index contributed by atoms with van der Waals surface area (Å²) in [7, 11) is 0. The smallest absolute Gasteiger partial charge is 0.129 e. The van der Waals surface area contributed by atoms with Crippen LogP contribution in [0.25, 0.3) is 10.9 Å². The third-order valence-corrected chi connectivity index (χ3v) is 4.13. The molecule has 1 N–H and O–H groups in total. The SMILES string of the molecule is CCNc1nc2ccccc2cc1CC1CCCC1. The molecular weight excluding hydrogens is 232 g/mol. The van der Waals surface area contributed by atoms with Crippen LogP contribution in [0.3, 0.4) is 0 Å².